The standard InChI is InChI=1S/C12H18Si/c1-3-11(4-2)10-13-12-8-6-5-7-9-12/h5-9,11H,3-4,10H2,1-2H3. The molecule has 13 heavy (non-hydrogen) atoms. The highest BCUT2D eigenvalue weighted by Gasteiger charge is 2.03. The maximum atomic E-state index is 2.30. The molecule has 0 saturated heterocycles. The van der Waals surface area contributed by atoms with E-state index in [0.717, 1.165) is 15.4 Å². The Labute approximate surface area is 84.2 Å². The molecule has 0 saturated carbocycles. The van der Waals surface area contributed by atoms with Gasteiger partial charge in [-0.25, -0.2) is 0 Å². The molecule has 0 amide bonds. The third-order valence-electron chi connectivity index (χ3n) is 2.52. The second-order valence-corrected chi connectivity index (χ2v) is 4.77. The molecule has 0 atom stereocenters. The van der Waals surface area contributed by atoms with Crippen LogP contribution in [-0.2, 0) is 0 Å². The first kappa shape index (κ1) is 10.5. The molecule has 0 heterocycles. The predicted molar refractivity (Wildman–Crippen MR) is 60.7 cm³/mol. The summed E-state index contributed by atoms with van der Waals surface area (Å²) in [7, 11) is 0.998. The molecule has 0 fully saturated rings. The lowest BCUT2D eigenvalue weighted by atomic mass is 10.1. The average Bonchev–Trinajstić information content (AvgIpc) is 2.21. The maximum absolute atomic E-state index is 2.30. The van der Waals surface area contributed by atoms with Crippen LogP contribution in [0, 0.1) is 5.92 Å². The van der Waals surface area contributed by atoms with Gasteiger partial charge in [-0.1, -0.05) is 68.3 Å². The van der Waals surface area contributed by atoms with Crippen molar-refractivity contribution >= 4 is 14.7 Å². The van der Waals surface area contributed by atoms with Gasteiger partial charge in [0.05, 0.1) is 9.52 Å². The van der Waals surface area contributed by atoms with E-state index in [9.17, 15) is 0 Å². The summed E-state index contributed by atoms with van der Waals surface area (Å²) >= 11 is 0. The smallest absolute Gasteiger partial charge is 0.0651 e. The Morgan fingerprint density at radius 2 is 1.69 bits per heavy atom. The zero-order valence-electron chi connectivity index (χ0n) is 8.59. The Balaban J connectivity index is 2.34. The third-order valence-corrected chi connectivity index (χ3v) is 4.05. The van der Waals surface area contributed by atoms with Gasteiger partial charge in [0.25, 0.3) is 0 Å². The second kappa shape index (κ2) is 5.98. The quantitative estimate of drug-likeness (QED) is 0.626. The van der Waals surface area contributed by atoms with E-state index in [0.29, 0.717) is 0 Å². The Bertz CT molecular complexity index is 214. The highest BCUT2D eigenvalue weighted by atomic mass is 28.2. The zero-order chi connectivity index (χ0) is 9.52. The molecule has 2 radical (unpaired) electrons. The number of hydrogen-bond acceptors (Lipinski definition) is 0. The van der Waals surface area contributed by atoms with Crippen LogP contribution in [0.1, 0.15) is 26.7 Å². The number of benzene rings is 1. The van der Waals surface area contributed by atoms with Gasteiger partial charge in [0.15, 0.2) is 0 Å². The highest BCUT2D eigenvalue weighted by Crippen LogP contribution is 2.11. The average molecular weight is 190 g/mol. The number of rotatable bonds is 5. The summed E-state index contributed by atoms with van der Waals surface area (Å²) in [6, 6.07) is 12.2. The van der Waals surface area contributed by atoms with Crippen LogP contribution in [0.3, 0.4) is 0 Å². The predicted octanol–water partition coefficient (Wildman–Crippen LogP) is 2.87. The zero-order valence-corrected chi connectivity index (χ0v) is 9.59. The van der Waals surface area contributed by atoms with Crippen molar-refractivity contribution in [2.45, 2.75) is 32.7 Å². The summed E-state index contributed by atoms with van der Waals surface area (Å²) in [5.41, 5.74) is 0. The van der Waals surface area contributed by atoms with E-state index < -0.39 is 0 Å². The summed E-state index contributed by atoms with van der Waals surface area (Å²) in [4.78, 5) is 0. The lowest BCUT2D eigenvalue weighted by Crippen LogP contribution is -2.16. The molecule has 0 aromatic heterocycles. The molecule has 0 nitrogen and oxygen atoms in total. The van der Waals surface area contributed by atoms with Crippen LogP contribution >= 0.6 is 0 Å². The van der Waals surface area contributed by atoms with Crippen LogP contribution in [0.25, 0.3) is 0 Å². The van der Waals surface area contributed by atoms with Gasteiger partial charge >= 0.3 is 0 Å². The van der Waals surface area contributed by atoms with Crippen molar-refractivity contribution < 1.29 is 0 Å². The van der Waals surface area contributed by atoms with E-state index in [1.165, 1.54) is 24.1 Å². The molecule has 0 aliphatic rings. The van der Waals surface area contributed by atoms with E-state index >= 15 is 0 Å². The van der Waals surface area contributed by atoms with Crippen LogP contribution in [0.15, 0.2) is 30.3 Å². The molecule has 0 aliphatic heterocycles. The van der Waals surface area contributed by atoms with E-state index in [4.69, 9.17) is 0 Å². The first-order valence-electron chi connectivity index (χ1n) is 5.15. The number of hydrogen-bond donors (Lipinski definition) is 0. The minimum atomic E-state index is 0.929. The largest absolute Gasteiger partial charge is 0.0810 e. The van der Waals surface area contributed by atoms with Gasteiger partial charge in [0, 0.05) is 0 Å². The third kappa shape index (κ3) is 3.77. The van der Waals surface area contributed by atoms with Gasteiger partial charge in [0.1, 0.15) is 0 Å². The van der Waals surface area contributed by atoms with Crippen LogP contribution < -0.4 is 5.19 Å². The SMILES string of the molecule is CCC(CC)C[Si]c1ccccc1. The van der Waals surface area contributed by atoms with Crippen molar-refractivity contribution in [2.75, 3.05) is 0 Å². The van der Waals surface area contributed by atoms with Gasteiger partial charge in [0.2, 0.25) is 0 Å². The highest BCUT2D eigenvalue weighted by molar-refractivity contribution is 6.53. The van der Waals surface area contributed by atoms with Gasteiger partial charge in [-0.05, 0) is 5.92 Å². The van der Waals surface area contributed by atoms with Crippen LogP contribution in [-0.4, -0.2) is 9.52 Å². The van der Waals surface area contributed by atoms with Crippen molar-refractivity contribution in [3.8, 4) is 0 Å². The summed E-state index contributed by atoms with van der Waals surface area (Å²) in [5.74, 6) is 0.929. The molecule has 0 aliphatic carbocycles. The molecule has 70 valence electrons. The molecule has 0 spiro atoms. The molecular formula is C12H18Si. The summed E-state index contributed by atoms with van der Waals surface area (Å²) in [5, 5.41) is 1.51. The lowest BCUT2D eigenvalue weighted by molar-refractivity contribution is 0.542. The first-order chi connectivity index (χ1) is 6.36. The molecule has 1 heteroatoms. The molecule has 0 N–H and O–H groups in total. The Morgan fingerprint density at radius 3 is 2.23 bits per heavy atom. The van der Waals surface area contributed by atoms with Gasteiger partial charge in [-0.2, -0.15) is 0 Å². The Morgan fingerprint density at radius 1 is 1.08 bits per heavy atom. The van der Waals surface area contributed by atoms with Gasteiger partial charge in [-0.3, -0.25) is 0 Å². The summed E-state index contributed by atoms with van der Waals surface area (Å²) in [6.45, 7) is 4.59. The van der Waals surface area contributed by atoms with Crippen molar-refractivity contribution in [3.63, 3.8) is 0 Å². The van der Waals surface area contributed by atoms with Crippen LogP contribution in [0.2, 0.25) is 6.04 Å². The fourth-order valence-electron chi connectivity index (χ4n) is 1.40. The van der Waals surface area contributed by atoms with Crippen LogP contribution in [0.4, 0.5) is 0 Å². The molecule has 0 unspecified atom stereocenters. The summed E-state index contributed by atoms with van der Waals surface area (Å²) in [6.07, 6.45) is 2.66. The van der Waals surface area contributed by atoms with E-state index in [1.807, 2.05) is 0 Å². The van der Waals surface area contributed by atoms with Crippen molar-refractivity contribution in [2.24, 2.45) is 5.92 Å². The minimum Gasteiger partial charge on any atom is -0.0651 e. The molecule has 1 aromatic carbocycles. The molecule has 1 aromatic rings. The fourth-order valence-corrected chi connectivity index (χ4v) is 2.93. The van der Waals surface area contributed by atoms with E-state index in [-0.39, 0.29) is 0 Å². The lowest BCUT2D eigenvalue weighted by Gasteiger charge is -2.10. The van der Waals surface area contributed by atoms with Gasteiger partial charge in [-0.15, -0.1) is 0 Å². The molecule has 0 bridgehead atoms. The summed E-state index contributed by atoms with van der Waals surface area (Å²) < 4.78 is 0. The van der Waals surface area contributed by atoms with Crippen molar-refractivity contribution in [1.29, 1.82) is 0 Å². The van der Waals surface area contributed by atoms with Gasteiger partial charge < -0.3 is 0 Å². The van der Waals surface area contributed by atoms with Crippen molar-refractivity contribution in [3.05, 3.63) is 30.3 Å². The molecule has 1 rings (SSSR count). The van der Waals surface area contributed by atoms with E-state index in [2.05, 4.69) is 44.2 Å². The first-order valence-corrected chi connectivity index (χ1v) is 6.36. The maximum Gasteiger partial charge on any atom is 0.0810 e. The fraction of sp³-hybridized carbons (Fsp3) is 0.500. The minimum absolute atomic E-state index is 0.929. The molecular weight excluding hydrogens is 172 g/mol. The second-order valence-electron chi connectivity index (χ2n) is 3.43. The van der Waals surface area contributed by atoms with Crippen LogP contribution in [0.5, 0.6) is 0 Å². The van der Waals surface area contributed by atoms with Crippen molar-refractivity contribution in [1.82, 2.24) is 0 Å². The normalized spacial score (nSPS) is 10.7. The Kier molecular flexibility index (Phi) is 4.84. The topological polar surface area (TPSA) is 0 Å². The monoisotopic (exact) mass is 190 g/mol. The Hall–Kier alpha value is -0.563. The van der Waals surface area contributed by atoms with E-state index in [1.54, 1.807) is 0 Å².